The summed E-state index contributed by atoms with van der Waals surface area (Å²) in [5.74, 6) is 0.522. The fourth-order valence-electron chi connectivity index (χ4n) is 2.29. The summed E-state index contributed by atoms with van der Waals surface area (Å²) < 4.78 is 3.40. The number of H-pyrrole nitrogens is 1. The van der Waals surface area contributed by atoms with Gasteiger partial charge in [0.15, 0.2) is 5.16 Å². The Morgan fingerprint density at radius 2 is 2.17 bits per heavy atom. The number of thioether (sulfide) groups is 1. The summed E-state index contributed by atoms with van der Waals surface area (Å²) in [7, 11) is 0. The minimum atomic E-state index is -0.377. The second-order valence-electron chi connectivity index (χ2n) is 5.92. The summed E-state index contributed by atoms with van der Waals surface area (Å²) in [6.45, 7) is 5.80. The van der Waals surface area contributed by atoms with Crippen LogP contribution in [0.1, 0.15) is 45.7 Å². The van der Waals surface area contributed by atoms with Crippen molar-refractivity contribution >= 4 is 23.5 Å². The van der Waals surface area contributed by atoms with E-state index in [9.17, 15) is 9.59 Å². The van der Waals surface area contributed by atoms with Gasteiger partial charge in [0.25, 0.3) is 0 Å². The number of carbonyl (C=O) groups is 1. The van der Waals surface area contributed by atoms with Crippen molar-refractivity contribution < 1.29 is 4.79 Å². The van der Waals surface area contributed by atoms with Crippen molar-refractivity contribution in [2.24, 2.45) is 0 Å². The first kappa shape index (κ1) is 15.9. The second-order valence-corrected chi connectivity index (χ2v) is 7.22. The molecule has 1 aliphatic carbocycles. The summed E-state index contributed by atoms with van der Waals surface area (Å²) in [4.78, 5) is 24.2. The molecule has 1 atom stereocenters. The Kier molecular flexibility index (Phi) is 4.29. The van der Waals surface area contributed by atoms with E-state index >= 15 is 0 Å². The van der Waals surface area contributed by atoms with E-state index in [-0.39, 0.29) is 28.9 Å². The van der Waals surface area contributed by atoms with Crippen LogP contribution in [-0.2, 0) is 4.79 Å². The Labute approximate surface area is 137 Å². The summed E-state index contributed by atoms with van der Waals surface area (Å²) >= 11 is 1.28. The molecule has 0 aromatic carbocycles. The van der Waals surface area contributed by atoms with Crippen LogP contribution in [0.15, 0.2) is 22.2 Å². The standard InChI is InChI=1S/C14H20N6O2S/c1-8(2)20-11(6-7-15-20)16-12(21)9(3)23-14-18-17-13(22)19(14)10-4-5-10/h6-10H,4-5H2,1-3H3,(H,16,21)(H,17,22)/t9-/m1/s1. The molecule has 0 aliphatic heterocycles. The third-order valence-corrected chi connectivity index (χ3v) is 4.71. The van der Waals surface area contributed by atoms with Crippen molar-refractivity contribution in [1.29, 1.82) is 0 Å². The van der Waals surface area contributed by atoms with Crippen molar-refractivity contribution in [2.75, 3.05) is 5.32 Å². The van der Waals surface area contributed by atoms with Gasteiger partial charge in [-0.05, 0) is 33.6 Å². The molecule has 1 aliphatic rings. The van der Waals surface area contributed by atoms with Crippen LogP contribution in [0.5, 0.6) is 0 Å². The number of amides is 1. The van der Waals surface area contributed by atoms with Gasteiger partial charge in [-0.2, -0.15) is 5.10 Å². The van der Waals surface area contributed by atoms with Crippen molar-refractivity contribution in [1.82, 2.24) is 24.5 Å². The third kappa shape index (κ3) is 3.34. The topological polar surface area (TPSA) is 97.6 Å². The zero-order valence-corrected chi connectivity index (χ0v) is 14.1. The van der Waals surface area contributed by atoms with E-state index in [1.807, 2.05) is 13.8 Å². The number of hydrogen-bond acceptors (Lipinski definition) is 5. The molecule has 1 saturated carbocycles. The highest BCUT2D eigenvalue weighted by Gasteiger charge is 2.30. The van der Waals surface area contributed by atoms with Gasteiger partial charge in [0.05, 0.1) is 11.4 Å². The van der Waals surface area contributed by atoms with Crippen LogP contribution in [-0.4, -0.2) is 35.7 Å². The Bertz CT molecular complexity index is 757. The third-order valence-electron chi connectivity index (χ3n) is 3.65. The maximum Gasteiger partial charge on any atom is 0.344 e. The number of carbonyl (C=O) groups excluding carboxylic acids is 1. The lowest BCUT2D eigenvalue weighted by atomic mass is 10.4. The molecule has 2 N–H and O–H groups in total. The molecule has 0 spiro atoms. The predicted molar refractivity (Wildman–Crippen MR) is 87.7 cm³/mol. The Morgan fingerprint density at radius 3 is 2.83 bits per heavy atom. The lowest BCUT2D eigenvalue weighted by Crippen LogP contribution is -2.25. The number of aromatic nitrogens is 5. The summed E-state index contributed by atoms with van der Waals surface area (Å²) in [6, 6.07) is 2.15. The SMILES string of the molecule is CC(C)n1nccc1NC(=O)[C@@H](C)Sc1n[nH]c(=O)n1C1CC1. The molecule has 3 rings (SSSR count). The molecule has 23 heavy (non-hydrogen) atoms. The largest absolute Gasteiger partial charge is 0.344 e. The summed E-state index contributed by atoms with van der Waals surface area (Å²) in [6.07, 6.45) is 3.63. The molecule has 0 bridgehead atoms. The minimum Gasteiger partial charge on any atom is -0.310 e. The Balaban J connectivity index is 1.68. The van der Waals surface area contributed by atoms with E-state index < -0.39 is 0 Å². The molecular formula is C14H20N6O2S. The van der Waals surface area contributed by atoms with E-state index in [0.29, 0.717) is 11.0 Å². The van der Waals surface area contributed by atoms with E-state index in [4.69, 9.17) is 0 Å². The van der Waals surface area contributed by atoms with Gasteiger partial charge < -0.3 is 5.32 Å². The number of rotatable bonds is 6. The lowest BCUT2D eigenvalue weighted by molar-refractivity contribution is -0.115. The van der Waals surface area contributed by atoms with Gasteiger partial charge in [-0.3, -0.25) is 9.36 Å². The van der Waals surface area contributed by atoms with Crippen molar-refractivity contribution in [3.05, 3.63) is 22.7 Å². The number of nitrogens with one attached hydrogen (secondary N) is 2. The first-order valence-corrected chi connectivity index (χ1v) is 8.53. The van der Waals surface area contributed by atoms with Crippen LogP contribution in [0, 0.1) is 0 Å². The molecule has 1 amide bonds. The highest BCUT2D eigenvalue weighted by atomic mass is 32.2. The maximum atomic E-state index is 12.4. The van der Waals surface area contributed by atoms with Gasteiger partial charge in [0.1, 0.15) is 5.82 Å². The number of hydrogen-bond donors (Lipinski definition) is 2. The van der Waals surface area contributed by atoms with Crippen molar-refractivity contribution in [3.8, 4) is 0 Å². The van der Waals surface area contributed by atoms with Crippen molar-refractivity contribution in [2.45, 2.75) is 56.1 Å². The Hall–Kier alpha value is -2.03. The fraction of sp³-hybridized carbons (Fsp3) is 0.571. The zero-order chi connectivity index (χ0) is 16.6. The van der Waals surface area contributed by atoms with Crippen LogP contribution in [0.2, 0.25) is 0 Å². The van der Waals surface area contributed by atoms with Gasteiger partial charge in [-0.1, -0.05) is 11.8 Å². The normalized spacial score (nSPS) is 15.8. The first-order valence-electron chi connectivity index (χ1n) is 7.65. The molecule has 2 aromatic heterocycles. The predicted octanol–water partition coefficient (Wildman–Crippen LogP) is 1.80. The molecule has 124 valence electrons. The lowest BCUT2D eigenvalue weighted by Gasteiger charge is -2.14. The average Bonchev–Trinajstić information content (AvgIpc) is 3.10. The average molecular weight is 336 g/mol. The van der Waals surface area contributed by atoms with Gasteiger partial charge >= 0.3 is 5.69 Å². The van der Waals surface area contributed by atoms with Gasteiger partial charge in [0, 0.05) is 18.2 Å². The van der Waals surface area contributed by atoms with E-state index in [2.05, 4.69) is 20.6 Å². The molecule has 2 heterocycles. The smallest absolute Gasteiger partial charge is 0.310 e. The molecular weight excluding hydrogens is 316 g/mol. The highest BCUT2D eigenvalue weighted by molar-refractivity contribution is 8.00. The fourth-order valence-corrected chi connectivity index (χ4v) is 3.22. The summed E-state index contributed by atoms with van der Waals surface area (Å²) in [5.41, 5.74) is -0.208. The van der Waals surface area contributed by atoms with Crippen LogP contribution in [0.3, 0.4) is 0 Å². The van der Waals surface area contributed by atoms with Crippen LogP contribution >= 0.6 is 11.8 Å². The number of aromatic amines is 1. The van der Waals surface area contributed by atoms with Crippen LogP contribution in [0.25, 0.3) is 0 Å². The van der Waals surface area contributed by atoms with Gasteiger partial charge in [-0.15, -0.1) is 5.10 Å². The summed E-state index contributed by atoms with van der Waals surface area (Å²) in [5, 5.41) is 13.8. The van der Waals surface area contributed by atoms with Crippen LogP contribution < -0.4 is 11.0 Å². The molecule has 0 unspecified atom stereocenters. The minimum absolute atomic E-state index is 0.143. The number of nitrogens with zero attached hydrogens (tertiary/aromatic N) is 4. The van der Waals surface area contributed by atoms with Crippen molar-refractivity contribution in [3.63, 3.8) is 0 Å². The molecule has 0 radical (unpaired) electrons. The number of anilines is 1. The monoisotopic (exact) mass is 336 g/mol. The Morgan fingerprint density at radius 1 is 1.43 bits per heavy atom. The molecule has 2 aromatic rings. The zero-order valence-electron chi connectivity index (χ0n) is 13.3. The van der Waals surface area contributed by atoms with Gasteiger partial charge in [-0.25, -0.2) is 14.6 Å². The highest BCUT2D eigenvalue weighted by Crippen LogP contribution is 2.36. The van der Waals surface area contributed by atoms with E-state index in [1.165, 1.54) is 11.8 Å². The molecule has 0 saturated heterocycles. The quantitative estimate of drug-likeness (QED) is 0.784. The van der Waals surface area contributed by atoms with E-state index in [0.717, 1.165) is 12.8 Å². The maximum absolute atomic E-state index is 12.4. The first-order chi connectivity index (χ1) is 11.0. The second kappa shape index (κ2) is 6.23. The van der Waals surface area contributed by atoms with Crippen LogP contribution in [0.4, 0.5) is 5.82 Å². The van der Waals surface area contributed by atoms with E-state index in [1.54, 1.807) is 28.4 Å². The van der Waals surface area contributed by atoms with Gasteiger partial charge in [0.2, 0.25) is 5.91 Å². The molecule has 8 nitrogen and oxygen atoms in total. The molecule has 9 heteroatoms. The molecule has 1 fully saturated rings.